The molecule has 3 aliphatic rings. The largest absolute Gasteiger partial charge is 0.463 e. The maximum absolute atomic E-state index is 13.7. The summed E-state index contributed by atoms with van der Waals surface area (Å²) in [5.74, 6) is 1.96. The number of hydrogen-bond donors (Lipinski definition) is 0. The summed E-state index contributed by atoms with van der Waals surface area (Å²) in [6.07, 6.45) is 1.78. The molecule has 1 atom stereocenters. The average Bonchev–Trinajstić information content (AvgIpc) is 3.57. The number of nitrogens with zero attached hydrogens (tertiary/aromatic N) is 2. The Hall–Kier alpha value is -4.05. The summed E-state index contributed by atoms with van der Waals surface area (Å²) in [5.41, 5.74) is 2.04. The van der Waals surface area contributed by atoms with Crippen LogP contribution in [0.2, 0.25) is 0 Å². The second kappa shape index (κ2) is 8.31. The number of esters is 1. The number of benzene rings is 2. The Morgan fingerprint density at radius 3 is 2.51 bits per heavy atom. The molecule has 1 aromatic heterocycles. The molecular weight excluding hydrogens is 472 g/mol. The molecule has 0 fully saturated rings. The molecule has 6 rings (SSSR count). The van der Waals surface area contributed by atoms with E-state index < -0.39 is 12.0 Å². The van der Waals surface area contributed by atoms with Crippen LogP contribution in [-0.4, -0.2) is 30.7 Å². The van der Waals surface area contributed by atoms with E-state index in [-0.39, 0.29) is 25.8 Å². The van der Waals surface area contributed by atoms with Gasteiger partial charge in [-0.25, -0.2) is 9.79 Å². The van der Waals surface area contributed by atoms with E-state index in [1.807, 2.05) is 24.3 Å². The van der Waals surface area contributed by atoms with Crippen LogP contribution in [0.5, 0.6) is 23.0 Å². The van der Waals surface area contributed by atoms with Crippen molar-refractivity contribution in [3.8, 4) is 23.0 Å². The average molecular weight is 493 g/mol. The van der Waals surface area contributed by atoms with Crippen LogP contribution in [0.4, 0.5) is 0 Å². The van der Waals surface area contributed by atoms with E-state index in [0.29, 0.717) is 49.2 Å². The summed E-state index contributed by atoms with van der Waals surface area (Å²) in [4.78, 5) is 31.8. The van der Waals surface area contributed by atoms with Crippen LogP contribution in [0.25, 0.3) is 6.08 Å². The van der Waals surface area contributed by atoms with E-state index >= 15 is 0 Å². The van der Waals surface area contributed by atoms with Gasteiger partial charge < -0.3 is 23.7 Å². The number of fused-ring (bicyclic) bond motifs is 3. The Labute approximate surface area is 203 Å². The summed E-state index contributed by atoms with van der Waals surface area (Å²) in [5, 5.41) is 0. The molecule has 178 valence electrons. The van der Waals surface area contributed by atoms with Crippen molar-refractivity contribution in [2.75, 3.05) is 20.2 Å². The Balaban J connectivity index is 1.53. The maximum atomic E-state index is 13.7. The molecule has 0 bridgehead atoms. The summed E-state index contributed by atoms with van der Waals surface area (Å²) < 4.78 is 29.2. The van der Waals surface area contributed by atoms with Crippen molar-refractivity contribution in [1.29, 1.82) is 0 Å². The van der Waals surface area contributed by atoms with E-state index in [2.05, 4.69) is 4.99 Å². The molecule has 10 heteroatoms. The number of thiazole rings is 1. The predicted octanol–water partition coefficient (Wildman–Crippen LogP) is 2.26. The van der Waals surface area contributed by atoms with Gasteiger partial charge in [-0.15, -0.1) is 0 Å². The molecule has 0 radical (unpaired) electrons. The van der Waals surface area contributed by atoms with Crippen LogP contribution in [0, 0.1) is 0 Å². The topological polar surface area (TPSA) is 97.6 Å². The number of hydrogen-bond acceptors (Lipinski definition) is 9. The van der Waals surface area contributed by atoms with E-state index in [1.165, 1.54) is 11.3 Å². The molecule has 0 aliphatic carbocycles. The monoisotopic (exact) mass is 492 g/mol. The summed E-state index contributed by atoms with van der Waals surface area (Å²) in [7, 11) is 0. The van der Waals surface area contributed by atoms with Gasteiger partial charge in [-0.1, -0.05) is 23.5 Å². The molecule has 0 spiro atoms. The molecule has 4 heterocycles. The van der Waals surface area contributed by atoms with Crippen LogP contribution in [0.15, 0.2) is 57.5 Å². The lowest BCUT2D eigenvalue weighted by Crippen LogP contribution is -2.39. The fourth-order valence-electron chi connectivity index (χ4n) is 4.34. The van der Waals surface area contributed by atoms with Gasteiger partial charge in [0.1, 0.15) is 0 Å². The molecule has 3 aromatic rings. The predicted molar refractivity (Wildman–Crippen MR) is 126 cm³/mol. The third-order valence-corrected chi connectivity index (χ3v) is 6.91. The normalized spacial score (nSPS) is 17.9. The van der Waals surface area contributed by atoms with Crippen molar-refractivity contribution in [3.05, 3.63) is 78.5 Å². The van der Waals surface area contributed by atoms with Gasteiger partial charge in [-0.2, -0.15) is 0 Å². The molecule has 35 heavy (non-hydrogen) atoms. The summed E-state index contributed by atoms with van der Waals surface area (Å²) in [6.45, 7) is 3.99. The number of carbonyl (C=O) groups excluding carboxylic acids is 1. The minimum atomic E-state index is -0.723. The molecule has 9 nitrogen and oxygen atoms in total. The van der Waals surface area contributed by atoms with E-state index in [4.69, 9.17) is 23.7 Å². The Morgan fingerprint density at radius 1 is 1.09 bits per heavy atom. The van der Waals surface area contributed by atoms with Crippen molar-refractivity contribution >= 4 is 23.4 Å². The first-order valence-electron chi connectivity index (χ1n) is 11.0. The zero-order valence-electron chi connectivity index (χ0n) is 18.9. The van der Waals surface area contributed by atoms with Gasteiger partial charge in [0.15, 0.2) is 27.8 Å². The highest BCUT2D eigenvalue weighted by atomic mass is 32.1. The van der Waals surface area contributed by atoms with Crippen LogP contribution in [-0.2, 0) is 9.53 Å². The van der Waals surface area contributed by atoms with Gasteiger partial charge in [-0.05, 0) is 55.3 Å². The number of ether oxygens (including phenoxy) is 5. The number of carbonyl (C=O) groups is 1. The SMILES string of the molecule is CCOC(=O)C1=C(C)N=c2s/c(=C\c3ccc4c(c3)OCO4)c(=O)n2[C@@H]1c1ccc2c(c1)OCO2. The molecule has 0 saturated carbocycles. The lowest BCUT2D eigenvalue weighted by Gasteiger charge is -2.24. The smallest absolute Gasteiger partial charge is 0.338 e. The molecule has 3 aliphatic heterocycles. The highest BCUT2D eigenvalue weighted by molar-refractivity contribution is 7.07. The quantitative estimate of drug-likeness (QED) is 0.516. The van der Waals surface area contributed by atoms with Crippen molar-refractivity contribution in [1.82, 2.24) is 4.57 Å². The Morgan fingerprint density at radius 2 is 1.77 bits per heavy atom. The Bertz CT molecular complexity index is 1580. The third kappa shape index (κ3) is 3.57. The zero-order valence-corrected chi connectivity index (χ0v) is 19.7. The first kappa shape index (κ1) is 21.5. The highest BCUT2D eigenvalue weighted by Gasteiger charge is 2.34. The second-order valence-corrected chi connectivity index (χ2v) is 9.04. The van der Waals surface area contributed by atoms with Crippen molar-refractivity contribution in [3.63, 3.8) is 0 Å². The fourth-order valence-corrected chi connectivity index (χ4v) is 5.39. The van der Waals surface area contributed by atoms with Gasteiger partial charge in [0, 0.05) is 0 Å². The standard InChI is InChI=1S/C25H20N2O7S/c1-3-30-24(29)21-13(2)26-25-27(22(21)15-5-7-17-19(10-15)34-12-32-17)23(28)20(35-25)9-14-4-6-16-18(8-14)33-11-31-16/h4-10,22H,3,11-12H2,1-2H3/b20-9-/t22-/m1/s1. The molecule has 0 amide bonds. The second-order valence-electron chi connectivity index (χ2n) is 8.03. The maximum Gasteiger partial charge on any atom is 0.338 e. The summed E-state index contributed by atoms with van der Waals surface area (Å²) >= 11 is 1.26. The highest BCUT2D eigenvalue weighted by Crippen LogP contribution is 2.38. The minimum absolute atomic E-state index is 0.122. The molecule has 0 N–H and O–H groups in total. The molecule has 0 unspecified atom stereocenters. The van der Waals surface area contributed by atoms with Crippen molar-refractivity contribution < 1.29 is 28.5 Å². The number of aromatic nitrogens is 1. The van der Waals surface area contributed by atoms with Gasteiger partial charge in [0.2, 0.25) is 13.6 Å². The number of allylic oxidation sites excluding steroid dienone is 1. The van der Waals surface area contributed by atoms with Crippen LogP contribution in [0.3, 0.4) is 0 Å². The minimum Gasteiger partial charge on any atom is -0.463 e. The van der Waals surface area contributed by atoms with E-state index in [0.717, 1.165) is 5.56 Å². The molecular formula is C25H20N2O7S. The van der Waals surface area contributed by atoms with Crippen LogP contribution < -0.4 is 33.8 Å². The first-order valence-corrected chi connectivity index (χ1v) is 11.8. The van der Waals surface area contributed by atoms with E-state index in [9.17, 15) is 9.59 Å². The van der Waals surface area contributed by atoms with Gasteiger partial charge in [-0.3, -0.25) is 9.36 Å². The van der Waals surface area contributed by atoms with Crippen molar-refractivity contribution in [2.45, 2.75) is 19.9 Å². The molecule has 2 aromatic carbocycles. The van der Waals surface area contributed by atoms with E-state index in [1.54, 1.807) is 36.6 Å². The van der Waals surface area contributed by atoms with Crippen molar-refractivity contribution in [2.24, 2.45) is 4.99 Å². The fraction of sp³-hybridized carbons (Fsp3) is 0.240. The van der Waals surface area contributed by atoms with Crippen LogP contribution in [0.1, 0.15) is 31.0 Å². The van der Waals surface area contributed by atoms with Gasteiger partial charge in [0.25, 0.3) is 5.56 Å². The lowest BCUT2D eigenvalue weighted by molar-refractivity contribution is -0.139. The first-order chi connectivity index (χ1) is 17.0. The zero-order chi connectivity index (χ0) is 24.1. The molecule has 0 saturated heterocycles. The van der Waals surface area contributed by atoms with Gasteiger partial charge in [0.05, 0.1) is 28.5 Å². The van der Waals surface area contributed by atoms with Gasteiger partial charge >= 0.3 is 5.97 Å². The number of rotatable bonds is 4. The third-order valence-electron chi connectivity index (χ3n) is 5.92. The summed E-state index contributed by atoms with van der Waals surface area (Å²) in [6, 6.07) is 10.2. The van der Waals surface area contributed by atoms with Crippen LogP contribution >= 0.6 is 11.3 Å². The lowest BCUT2D eigenvalue weighted by atomic mass is 9.95. The Kier molecular flexibility index (Phi) is 5.10.